The summed E-state index contributed by atoms with van der Waals surface area (Å²) in [4.78, 5) is 24.9. The van der Waals surface area contributed by atoms with Gasteiger partial charge in [0.15, 0.2) is 11.5 Å². The minimum absolute atomic E-state index is 0.106. The maximum Gasteiger partial charge on any atom is 0.319 e. The fourth-order valence-corrected chi connectivity index (χ4v) is 4.09. The normalized spacial score (nSPS) is 22.3. The first-order valence-corrected chi connectivity index (χ1v) is 11.1. The first kappa shape index (κ1) is 22.9. The summed E-state index contributed by atoms with van der Waals surface area (Å²) in [6.07, 6.45) is 0.472. The zero-order chi connectivity index (χ0) is 23.2. The standard InChI is InChI=1S/C24H29N3O6/c1-15(16-5-3-2-4-6-16)25-23(29)12-18-8-9-19(22(13-28)33-18)27-24(30)26-17-7-10-20-21(11-17)32-14-31-20/h2-7,10-11,15,18-19,22,28H,8-9,12-14H2,1H3,(H,25,29)(H2,26,27,30)/t15-,18+,19+,22+/m1/s1. The lowest BCUT2D eigenvalue weighted by molar-refractivity contribution is -0.131. The summed E-state index contributed by atoms with van der Waals surface area (Å²) in [5, 5.41) is 18.4. The molecular formula is C24H29N3O6. The Balaban J connectivity index is 1.25. The van der Waals surface area contributed by atoms with E-state index in [0.717, 1.165) is 5.56 Å². The second-order valence-electron chi connectivity index (χ2n) is 8.23. The molecule has 4 N–H and O–H groups in total. The third-order valence-corrected chi connectivity index (χ3v) is 5.83. The molecule has 176 valence electrons. The monoisotopic (exact) mass is 455 g/mol. The number of fused-ring (bicyclic) bond motifs is 1. The van der Waals surface area contributed by atoms with E-state index in [1.807, 2.05) is 37.3 Å². The van der Waals surface area contributed by atoms with Gasteiger partial charge in [-0.2, -0.15) is 0 Å². The number of hydrogen-bond acceptors (Lipinski definition) is 6. The van der Waals surface area contributed by atoms with Gasteiger partial charge in [-0.25, -0.2) is 4.79 Å². The summed E-state index contributed by atoms with van der Waals surface area (Å²) in [5.74, 6) is 1.10. The maximum absolute atomic E-state index is 12.5. The van der Waals surface area contributed by atoms with Crippen LogP contribution in [-0.2, 0) is 9.53 Å². The van der Waals surface area contributed by atoms with Crippen LogP contribution >= 0.6 is 0 Å². The molecule has 4 atom stereocenters. The number of aliphatic hydroxyl groups excluding tert-OH is 1. The Morgan fingerprint density at radius 1 is 1.09 bits per heavy atom. The Hall–Kier alpha value is -3.30. The van der Waals surface area contributed by atoms with Gasteiger partial charge in [-0.15, -0.1) is 0 Å². The van der Waals surface area contributed by atoms with E-state index in [2.05, 4.69) is 16.0 Å². The molecule has 3 amide bonds. The Morgan fingerprint density at radius 3 is 2.67 bits per heavy atom. The highest BCUT2D eigenvalue weighted by molar-refractivity contribution is 5.90. The number of benzene rings is 2. The highest BCUT2D eigenvalue weighted by Crippen LogP contribution is 2.34. The summed E-state index contributed by atoms with van der Waals surface area (Å²) in [7, 11) is 0. The van der Waals surface area contributed by atoms with Crippen LogP contribution in [0.1, 0.15) is 37.8 Å². The number of carbonyl (C=O) groups excluding carboxylic acids is 2. The van der Waals surface area contributed by atoms with Crippen molar-refractivity contribution in [3.8, 4) is 11.5 Å². The molecule has 0 aliphatic carbocycles. The fraction of sp³-hybridized carbons (Fsp3) is 0.417. The van der Waals surface area contributed by atoms with E-state index in [4.69, 9.17) is 14.2 Å². The summed E-state index contributed by atoms with van der Waals surface area (Å²) < 4.78 is 16.5. The van der Waals surface area contributed by atoms with E-state index in [1.54, 1.807) is 18.2 Å². The third kappa shape index (κ3) is 5.94. The van der Waals surface area contributed by atoms with Crippen LogP contribution in [0.15, 0.2) is 48.5 Å². The van der Waals surface area contributed by atoms with Crippen molar-refractivity contribution < 1.29 is 28.9 Å². The molecule has 2 aromatic carbocycles. The predicted molar refractivity (Wildman–Crippen MR) is 121 cm³/mol. The van der Waals surface area contributed by atoms with Crippen LogP contribution in [0.25, 0.3) is 0 Å². The van der Waals surface area contributed by atoms with Crippen LogP contribution in [0.4, 0.5) is 10.5 Å². The molecular weight excluding hydrogens is 426 g/mol. The first-order valence-electron chi connectivity index (χ1n) is 11.1. The SMILES string of the molecule is C[C@@H](NC(=O)C[C@@H]1CC[C@H](NC(=O)Nc2ccc3c(c2)OCO3)[C@H](CO)O1)c1ccccc1. The number of amides is 3. The van der Waals surface area contributed by atoms with Crippen LogP contribution in [0.3, 0.4) is 0 Å². The maximum atomic E-state index is 12.5. The summed E-state index contributed by atoms with van der Waals surface area (Å²) in [5.41, 5.74) is 1.59. The first-order chi connectivity index (χ1) is 16.0. The van der Waals surface area contributed by atoms with Crippen molar-refractivity contribution in [2.45, 2.75) is 50.5 Å². The molecule has 4 rings (SSSR count). The molecule has 9 nitrogen and oxygen atoms in total. The molecule has 0 spiro atoms. The highest BCUT2D eigenvalue weighted by Gasteiger charge is 2.33. The topological polar surface area (TPSA) is 118 Å². The van der Waals surface area contributed by atoms with Gasteiger partial charge in [-0.3, -0.25) is 4.79 Å². The minimum atomic E-state index is -0.592. The van der Waals surface area contributed by atoms with Crippen molar-refractivity contribution in [3.05, 3.63) is 54.1 Å². The van der Waals surface area contributed by atoms with Crippen molar-refractivity contribution >= 4 is 17.6 Å². The van der Waals surface area contributed by atoms with Gasteiger partial charge in [-0.1, -0.05) is 30.3 Å². The van der Waals surface area contributed by atoms with E-state index >= 15 is 0 Å². The highest BCUT2D eigenvalue weighted by atomic mass is 16.7. The van der Waals surface area contributed by atoms with Gasteiger partial charge in [0.25, 0.3) is 0 Å². The van der Waals surface area contributed by atoms with Gasteiger partial charge in [0, 0.05) is 11.8 Å². The van der Waals surface area contributed by atoms with Crippen LogP contribution in [0, 0.1) is 0 Å². The van der Waals surface area contributed by atoms with E-state index in [1.165, 1.54) is 0 Å². The largest absolute Gasteiger partial charge is 0.454 e. The molecule has 0 unspecified atom stereocenters. The van der Waals surface area contributed by atoms with Crippen molar-refractivity contribution in [3.63, 3.8) is 0 Å². The van der Waals surface area contributed by atoms with Gasteiger partial charge >= 0.3 is 6.03 Å². The number of rotatable bonds is 7. The van der Waals surface area contributed by atoms with Crippen molar-refractivity contribution in [1.82, 2.24) is 10.6 Å². The Morgan fingerprint density at radius 2 is 1.88 bits per heavy atom. The molecule has 9 heteroatoms. The molecule has 0 saturated carbocycles. The number of urea groups is 1. The predicted octanol–water partition coefficient (Wildman–Crippen LogP) is 2.71. The van der Waals surface area contributed by atoms with Gasteiger partial charge in [0.05, 0.1) is 31.2 Å². The Kier molecular flexibility index (Phi) is 7.31. The molecule has 1 fully saturated rings. The number of carbonyl (C=O) groups is 2. The quantitative estimate of drug-likeness (QED) is 0.510. The Bertz CT molecular complexity index is 970. The molecule has 33 heavy (non-hydrogen) atoms. The lowest BCUT2D eigenvalue weighted by Crippen LogP contribution is -2.52. The number of aliphatic hydroxyl groups is 1. The number of ether oxygens (including phenoxy) is 3. The lowest BCUT2D eigenvalue weighted by Gasteiger charge is -2.36. The summed E-state index contributed by atoms with van der Waals surface area (Å²) in [6.45, 7) is 1.84. The zero-order valence-corrected chi connectivity index (χ0v) is 18.5. The van der Waals surface area contributed by atoms with E-state index in [0.29, 0.717) is 30.0 Å². The molecule has 2 heterocycles. The molecule has 0 bridgehead atoms. The number of hydrogen-bond donors (Lipinski definition) is 4. The molecule has 1 saturated heterocycles. The van der Waals surface area contributed by atoms with E-state index in [-0.39, 0.29) is 43.9 Å². The van der Waals surface area contributed by atoms with Crippen LogP contribution in [0.2, 0.25) is 0 Å². The molecule has 0 aromatic heterocycles. The molecule has 0 radical (unpaired) electrons. The second-order valence-corrected chi connectivity index (χ2v) is 8.23. The molecule has 2 aliphatic heterocycles. The van der Waals surface area contributed by atoms with Gasteiger partial charge in [-0.05, 0) is 37.5 Å². The average molecular weight is 456 g/mol. The van der Waals surface area contributed by atoms with Gasteiger partial charge in [0.1, 0.15) is 6.10 Å². The molecule has 2 aromatic rings. The van der Waals surface area contributed by atoms with Gasteiger partial charge < -0.3 is 35.3 Å². The van der Waals surface area contributed by atoms with Crippen molar-refractivity contribution in [2.24, 2.45) is 0 Å². The van der Waals surface area contributed by atoms with E-state index in [9.17, 15) is 14.7 Å². The van der Waals surface area contributed by atoms with Gasteiger partial charge in [0.2, 0.25) is 12.7 Å². The number of nitrogens with one attached hydrogen (secondary N) is 3. The lowest BCUT2D eigenvalue weighted by atomic mass is 9.97. The van der Waals surface area contributed by atoms with Crippen LogP contribution in [0.5, 0.6) is 11.5 Å². The summed E-state index contributed by atoms with van der Waals surface area (Å²) >= 11 is 0. The average Bonchev–Trinajstić information content (AvgIpc) is 3.28. The van der Waals surface area contributed by atoms with Crippen molar-refractivity contribution in [2.75, 3.05) is 18.7 Å². The number of anilines is 1. The minimum Gasteiger partial charge on any atom is -0.454 e. The van der Waals surface area contributed by atoms with Crippen LogP contribution < -0.4 is 25.4 Å². The zero-order valence-electron chi connectivity index (χ0n) is 18.5. The summed E-state index contributed by atoms with van der Waals surface area (Å²) in [6, 6.07) is 14.0. The van der Waals surface area contributed by atoms with Crippen molar-refractivity contribution in [1.29, 1.82) is 0 Å². The fourth-order valence-electron chi connectivity index (χ4n) is 4.09. The smallest absolute Gasteiger partial charge is 0.319 e. The molecule has 2 aliphatic rings. The second kappa shape index (κ2) is 10.5. The van der Waals surface area contributed by atoms with Crippen LogP contribution in [-0.4, -0.2) is 48.7 Å². The third-order valence-electron chi connectivity index (χ3n) is 5.83. The van der Waals surface area contributed by atoms with E-state index < -0.39 is 12.1 Å². The Labute approximate surface area is 192 Å².